The molecule has 0 radical (unpaired) electrons. The van der Waals surface area contributed by atoms with Gasteiger partial charge in [0.25, 0.3) is 0 Å². The molecule has 3 heteroatoms. The Morgan fingerprint density at radius 2 is 2.00 bits per heavy atom. The third kappa shape index (κ3) is 3.58. The molecular formula is C15H29N3. The van der Waals surface area contributed by atoms with Crippen LogP contribution in [0.3, 0.4) is 0 Å². The van der Waals surface area contributed by atoms with Gasteiger partial charge in [0.1, 0.15) is 0 Å². The second kappa shape index (κ2) is 6.37. The van der Waals surface area contributed by atoms with Crippen LogP contribution in [-0.2, 0) is 19.9 Å². The largest absolute Gasteiger partial charge is 0.313 e. The lowest BCUT2D eigenvalue weighted by Gasteiger charge is -2.34. The molecule has 0 aliphatic rings. The predicted molar refractivity (Wildman–Crippen MR) is 77.8 cm³/mol. The van der Waals surface area contributed by atoms with Crippen molar-refractivity contribution in [1.82, 2.24) is 15.1 Å². The van der Waals surface area contributed by atoms with Gasteiger partial charge in [-0.2, -0.15) is 5.10 Å². The van der Waals surface area contributed by atoms with Crippen molar-refractivity contribution in [1.29, 1.82) is 0 Å². The Hall–Kier alpha value is -0.830. The van der Waals surface area contributed by atoms with Crippen molar-refractivity contribution in [3.63, 3.8) is 0 Å². The number of hydrogen-bond acceptors (Lipinski definition) is 2. The lowest BCUT2D eigenvalue weighted by atomic mass is 9.79. The molecular weight excluding hydrogens is 222 g/mol. The molecule has 0 saturated heterocycles. The van der Waals surface area contributed by atoms with Crippen molar-refractivity contribution in [3.05, 3.63) is 17.5 Å². The van der Waals surface area contributed by atoms with Crippen LogP contribution >= 0.6 is 0 Å². The summed E-state index contributed by atoms with van der Waals surface area (Å²) in [6, 6.07) is 2.75. The van der Waals surface area contributed by atoms with Gasteiger partial charge in [0.2, 0.25) is 0 Å². The third-order valence-corrected chi connectivity index (χ3v) is 4.11. The second-order valence-corrected chi connectivity index (χ2v) is 5.76. The highest BCUT2D eigenvalue weighted by molar-refractivity contribution is 5.12. The van der Waals surface area contributed by atoms with Crippen molar-refractivity contribution in [2.24, 2.45) is 12.5 Å². The average Bonchev–Trinajstić information content (AvgIpc) is 2.69. The minimum Gasteiger partial charge on any atom is -0.313 e. The molecule has 1 rings (SSSR count). The Kier molecular flexibility index (Phi) is 5.39. The van der Waals surface area contributed by atoms with E-state index in [0.717, 1.165) is 19.4 Å². The summed E-state index contributed by atoms with van der Waals surface area (Å²) in [6.45, 7) is 12.3. The summed E-state index contributed by atoms with van der Waals surface area (Å²) in [7, 11) is 2.05. The van der Waals surface area contributed by atoms with Gasteiger partial charge in [-0.3, -0.25) is 4.68 Å². The Balaban J connectivity index is 2.85. The molecule has 0 aliphatic heterocycles. The highest BCUT2D eigenvalue weighted by Crippen LogP contribution is 2.27. The SMILES string of the molecule is CCNC(Cc1cc(CC)nn1C)C(C)(C)CC. The fourth-order valence-electron chi connectivity index (χ4n) is 2.26. The van der Waals surface area contributed by atoms with Crippen LogP contribution in [0.2, 0.25) is 0 Å². The summed E-state index contributed by atoms with van der Waals surface area (Å²) < 4.78 is 2.04. The number of rotatable bonds is 7. The van der Waals surface area contributed by atoms with Gasteiger partial charge in [0.05, 0.1) is 5.69 Å². The zero-order chi connectivity index (χ0) is 13.8. The molecule has 1 heterocycles. The normalized spacial score (nSPS) is 13.9. The van der Waals surface area contributed by atoms with Crippen LogP contribution in [-0.4, -0.2) is 22.4 Å². The molecule has 0 fully saturated rings. The first kappa shape index (κ1) is 15.2. The van der Waals surface area contributed by atoms with Crippen molar-refractivity contribution in [3.8, 4) is 0 Å². The first-order valence-electron chi connectivity index (χ1n) is 7.19. The van der Waals surface area contributed by atoms with E-state index in [0.29, 0.717) is 11.5 Å². The summed E-state index contributed by atoms with van der Waals surface area (Å²) in [4.78, 5) is 0. The molecule has 1 atom stereocenters. The number of likely N-dealkylation sites (N-methyl/N-ethyl adjacent to an activating group) is 1. The molecule has 3 nitrogen and oxygen atoms in total. The highest BCUT2D eigenvalue weighted by atomic mass is 15.3. The Labute approximate surface area is 112 Å². The van der Waals surface area contributed by atoms with Gasteiger partial charge in [-0.25, -0.2) is 0 Å². The first-order valence-corrected chi connectivity index (χ1v) is 7.19. The molecule has 1 aromatic rings. The molecule has 18 heavy (non-hydrogen) atoms. The maximum atomic E-state index is 4.54. The second-order valence-electron chi connectivity index (χ2n) is 5.76. The van der Waals surface area contributed by atoms with Crippen LogP contribution in [0.1, 0.15) is 52.4 Å². The van der Waals surface area contributed by atoms with Crippen LogP contribution in [0.15, 0.2) is 6.07 Å². The Morgan fingerprint density at radius 1 is 1.33 bits per heavy atom. The standard InChI is InChI=1S/C15H29N3/c1-7-12-10-13(18(6)17-12)11-14(16-9-3)15(4,5)8-2/h10,14,16H,7-9,11H2,1-6H3. The molecule has 104 valence electrons. The van der Waals surface area contributed by atoms with E-state index >= 15 is 0 Å². The Morgan fingerprint density at radius 3 is 2.44 bits per heavy atom. The van der Waals surface area contributed by atoms with Crippen molar-refractivity contribution >= 4 is 0 Å². The zero-order valence-corrected chi connectivity index (χ0v) is 12.9. The van der Waals surface area contributed by atoms with Gasteiger partial charge in [-0.05, 0) is 30.9 Å². The van der Waals surface area contributed by atoms with Gasteiger partial charge in [-0.15, -0.1) is 0 Å². The minimum atomic E-state index is 0.312. The maximum absolute atomic E-state index is 4.54. The summed E-state index contributed by atoms with van der Waals surface area (Å²) in [5.74, 6) is 0. The highest BCUT2D eigenvalue weighted by Gasteiger charge is 2.28. The van der Waals surface area contributed by atoms with Crippen LogP contribution in [0, 0.1) is 5.41 Å². The number of nitrogens with zero attached hydrogens (tertiary/aromatic N) is 2. The average molecular weight is 251 g/mol. The number of aryl methyl sites for hydroxylation is 2. The molecule has 0 aromatic carbocycles. The van der Waals surface area contributed by atoms with Crippen molar-refractivity contribution < 1.29 is 0 Å². The van der Waals surface area contributed by atoms with E-state index in [4.69, 9.17) is 0 Å². The molecule has 1 N–H and O–H groups in total. The summed E-state index contributed by atoms with van der Waals surface area (Å²) >= 11 is 0. The van der Waals surface area contributed by atoms with Gasteiger partial charge < -0.3 is 5.32 Å². The topological polar surface area (TPSA) is 29.9 Å². The van der Waals surface area contributed by atoms with E-state index < -0.39 is 0 Å². The summed E-state index contributed by atoms with van der Waals surface area (Å²) in [5.41, 5.74) is 2.84. The van der Waals surface area contributed by atoms with Crippen molar-refractivity contribution in [2.45, 2.75) is 59.9 Å². The van der Waals surface area contributed by atoms with E-state index in [1.165, 1.54) is 17.8 Å². The first-order chi connectivity index (χ1) is 8.44. The zero-order valence-electron chi connectivity index (χ0n) is 12.9. The fraction of sp³-hybridized carbons (Fsp3) is 0.800. The van der Waals surface area contributed by atoms with Crippen LogP contribution in [0.5, 0.6) is 0 Å². The monoisotopic (exact) mass is 251 g/mol. The van der Waals surface area contributed by atoms with Crippen molar-refractivity contribution in [2.75, 3.05) is 6.54 Å². The van der Waals surface area contributed by atoms with Crippen LogP contribution < -0.4 is 5.32 Å². The van der Waals surface area contributed by atoms with E-state index in [1.54, 1.807) is 0 Å². The fourth-order valence-corrected chi connectivity index (χ4v) is 2.26. The van der Waals surface area contributed by atoms with E-state index in [2.05, 4.69) is 58.1 Å². The number of aromatic nitrogens is 2. The van der Waals surface area contributed by atoms with Gasteiger partial charge in [0, 0.05) is 25.2 Å². The van der Waals surface area contributed by atoms with Crippen LogP contribution in [0.4, 0.5) is 0 Å². The third-order valence-electron chi connectivity index (χ3n) is 4.11. The Bertz CT molecular complexity index is 366. The molecule has 0 amide bonds. The number of nitrogens with one attached hydrogen (secondary N) is 1. The van der Waals surface area contributed by atoms with Gasteiger partial charge in [-0.1, -0.05) is 34.6 Å². The molecule has 0 spiro atoms. The predicted octanol–water partition coefficient (Wildman–Crippen LogP) is 2.94. The van der Waals surface area contributed by atoms with E-state index in [1.807, 2.05) is 4.68 Å². The van der Waals surface area contributed by atoms with E-state index in [9.17, 15) is 0 Å². The molecule has 0 saturated carbocycles. The molecule has 1 unspecified atom stereocenters. The minimum absolute atomic E-state index is 0.312. The molecule has 0 aliphatic carbocycles. The van der Waals surface area contributed by atoms with Crippen LogP contribution in [0.25, 0.3) is 0 Å². The molecule has 1 aromatic heterocycles. The maximum Gasteiger partial charge on any atom is 0.0624 e. The lowest BCUT2D eigenvalue weighted by Crippen LogP contribution is -2.43. The quantitative estimate of drug-likeness (QED) is 0.807. The molecule has 0 bridgehead atoms. The smallest absolute Gasteiger partial charge is 0.0624 e. The van der Waals surface area contributed by atoms with Gasteiger partial charge in [0.15, 0.2) is 0 Å². The summed E-state index contributed by atoms with van der Waals surface area (Å²) in [6.07, 6.45) is 3.25. The summed E-state index contributed by atoms with van der Waals surface area (Å²) in [5, 5.41) is 8.17. The number of hydrogen-bond donors (Lipinski definition) is 1. The van der Waals surface area contributed by atoms with E-state index in [-0.39, 0.29) is 0 Å². The lowest BCUT2D eigenvalue weighted by molar-refractivity contribution is 0.230. The van der Waals surface area contributed by atoms with Gasteiger partial charge >= 0.3 is 0 Å².